The average molecular weight is 490 g/mol. The maximum atomic E-state index is 12.4. The Bertz CT molecular complexity index is 1230. The van der Waals surface area contributed by atoms with E-state index in [0.29, 0.717) is 10.4 Å². The number of carbonyl (C=O) groups is 2. The van der Waals surface area contributed by atoms with E-state index in [-0.39, 0.29) is 18.8 Å². The van der Waals surface area contributed by atoms with Gasteiger partial charge in [0.15, 0.2) is 4.80 Å². The summed E-state index contributed by atoms with van der Waals surface area (Å²) in [6.45, 7) is 1.90. The lowest BCUT2D eigenvalue weighted by Gasteiger charge is -2.04. The normalized spacial score (nSPS) is 11.9. The van der Waals surface area contributed by atoms with Crippen LogP contribution in [0.25, 0.3) is 16.3 Å². The Morgan fingerprint density at radius 3 is 2.83 bits per heavy atom. The summed E-state index contributed by atoms with van der Waals surface area (Å²) in [5.74, 6) is -0.981. The largest absolute Gasteiger partial charge is 0.465 e. The number of nitro benzene ring substituents is 1. The Kier molecular flexibility index (Phi) is 6.91. The maximum Gasteiger partial charge on any atom is 0.326 e. The number of hydrogen-bond acceptors (Lipinski definition) is 6. The highest BCUT2D eigenvalue weighted by Gasteiger charge is 2.12. The summed E-state index contributed by atoms with van der Waals surface area (Å²) < 4.78 is 8.37. The molecule has 0 radical (unpaired) electrons. The van der Waals surface area contributed by atoms with Crippen LogP contribution in [-0.2, 0) is 20.9 Å². The van der Waals surface area contributed by atoms with Crippen LogP contribution in [0.3, 0.4) is 0 Å². The standard InChI is InChI=1S/C20H16BrN3O5S/c1-2-29-19(26)12-23-16-8-7-14(21)11-17(16)30-20(23)22-18(25)9-6-13-4-3-5-15(10-13)24(27)28/h3-11H,2,12H2,1H3. The SMILES string of the molecule is CCOC(=O)Cn1c(=NC(=O)C=Cc2cccc([N+](=O)[O-])c2)sc2cc(Br)ccc21. The van der Waals surface area contributed by atoms with Crippen molar-refractivity contribution in [1.82, 2.24) is 4.57 Å². The Labute approximate surface area is 183 Å². The van der Waals surface area contributed by atoms with Crippen molar-refractivity contribution < 1.29 is 19.2 Å². The van der Waals surface area contributed by atoms with E-state index >= 15 is 0 Å². The summed E-state index contributed by atoms with van der Waals surface area (Å²) in [5.41, 5.74) is 1.20. The number of thiazole rings is 1. The number of aromatic nitrogens is 1. The number of amides is 1. The second-order valence-corrected chi connectivity index (χ2v) is 7.95. The molecule has 3 rings (SSSR count). The van der Waals surface area contributed by atoms with Crippen molar-refractivity contribution in [3.05, 3.63) is 73.5 Å². The molecule has 0 aliphatic heterocycles. The lowest BCUT2D eigenvalue weighted by molar-refractivity contribution is -0.384. The number of non-ortho nitro benzene ring substituents is 1. The van der Waals surface area contributed by atoms with Gasteiger partial charge in [-0.1, -0.05) is 39.4 Å². The number of nitrogens with zero attached hydrogens (tertiary/aromatic N) is 3. The average Bonchev–Trinajstić information content (AvgIpc) is 3.02. The highest BCUT2D eigenvalue weighted by Crippen LogP contribution is 2.22. The summed E-state index contributed by atoms with van der Waals surface area (Å²) in [4.78, 5) is 39.2. The molecule has 0 spiro atoms. The lowest BCUT2D eigenvalue weighted by atomic mass is 10.2. The molecule has 1 aromatic heterocycles. The molecule has 154 valence electrons. The van der Waals surface area contributed by atoms with E-state index < -0.39 is 16.8 Å². The van der Waals surface area contributed by atoms with Crippen LogP contribution >= 0.6 is 27.3 Å². The summed E-state index contributed by atoms with van der Waals surface area (Å²) in [7, 11) is 0. The van der Waals surface area contributed by atoms with E-state index in [4.69, 9.17) is 4.74 Å². The first-order chi connectivity index (χ1) is 14.4. The number of nitro groups is 1. The summed E-state index contributed by atoms with van der Waals surface area (Å²) in [6, 6.07) is 11.5. The lowest BCUT2D eigenvalue weighted by Crippen LogP contribution is -2.22. The number of halogens is 1. The molecule has 30 heavy (non-hydrogen) atoms. The van der Waals surface area contributed by atoms with Gasteiger partial charge in [0.05, 0.1) is 21.7 Å². The van der Waals surface area contributed by atoms with Crippen LogP contribution in [0, 0.1) is 10.1 Å². The van der Waals surface area contributed by atoms with Crippen LogP contribution in [-0.4, -0.2) is 28.0 Å². The highest BCUT2D eigenvalue weighted by atomic mass is 79.9. The molecule has 10 heteroatoms. The summed E-state index contributed by atoms with van der Waals surface area (Å²) in [5, 5.41) is 10.9. The molecule has 1 amide bonds. The zero-order valence-electron chi connectivity index (χ0n) is 15.8. The van der Waals surface area contributed by atoms with Gasteiger partial charge in [-0.05, 0) is 36.8 Å². The fourth-order valence-corrected chi connectivity index (χ4v) is 4.25. The van der Waals surface area contributed by atoms with Gasteiger partial charge in [-0.15, -0.1) is 0 Å². The first-order valence-electron chi connectivity index (χ1n) is 8.83. The predicted octanol–water partition coefficient (Wildman–Crippen LogP) is 4.08. The molecule has 0 aliphatic carbocycles. The van der Waals surface area contributed by atoms with Gasteiger partial charge < -0.3 is 9.30 Å². The zero-order chi connectivity index (χ0) is 21.7. The summed E-state index contributed by atoms with van der Waals surface area (Å²) in [6.07, 6.45) is 2.69. The van der Waals surface area contributed by atoms with E-state index in [0.717, 1.165) is 14.7 Å². The monoisotopic (exact) mass is 489 g/mol. The first kappa shape index (κ1) is 21.6. The van der Waals surface area contributed by atoms with Gasteiger partial charge in [0.1, 0.15) is 6.54 Å². The third kappa shape index (κ3) is 5.28. The zero-order valence-corrected chi connectivity index (χ0v) is 18.2. The van der Waals surface area contributed by atoms with E-state index in [1.807, 2.05) is 18.2 Å². The van der Waals surface area contributed by atoms with Gasteiger partial charge in [0.2, 0.25) is 0 Å². The van der Waals surface area contributed by atoms with Gasteiger partial charge in [0.25, 0.3) is 11.6 Å². The topological polar surface area (TPSA) is 104 Å². The molecule has 1 heterocycles. The Hall–Kier alpha value is -3.11. The quantitative estimate of drug-likeness (QED) is 0.224. The first-order valence-corrected chi connectivity index (χ1v) is 10.4. The molecule has 0 N–H and O–H groups in total. The van der Waals surface area contributed by atoms with Gasteiger partial charge in [-0.3, -0.25) is 19.7 Å². The number of rotatable bonds is 6. The molecule has 2 aromatic carbocycles. The van der Waals surface area contributed by atoms with Gasteiger partial charge in [-0.2, -0.15) is 4.99 Å². The summed E-state index contributed by atoms with van der Waals surface area (Å²) >= 11 is 4.68. The Balaban J connectivity index is 1.95. The van der Waals surface area contributed by atoms with Crippen molar-refractivity contribution in [2.24, 2.45) is 4.99 Å². The fourth-order valence-electron chi connectivity index (χ4n) is 2.66. The minimum Gasteiger partial charge on any atom is -0.465 e. The van der Waals surface area contributed by atoms with E-state index in [1.165, 1.54) is 41.7 Å². The smallest absolute Gasteiger partial charge is 0.326 e. The molecule has 3 aromatic rings. The van der Waals surface area contributed by atoms with Crippen LogP contribution in [0.5, 0.6) is 0 Å². The minimum absolute atomic E-state index is 0.0658. The van der Waals surface area contributed by atoms with Crippen molar-refractivity contribution >= 4 is 61.1 Å². The number of ether oxygens (including phenoxy) is 1. The van der Waals surface area contributed by atoms with Crippen molar-refractivity contribution in [2.45, 2.75) is 13.5 Å². The van der Waals surface area contributed by atoms with Crippen molar-refractivity contribution in [2.75, 3.05) is 6.61 Å². The Morgan fingerprint density at radius 2 is 2.10 bits per heavy atom. The molecule has 8 nitrogen and oxygen atoms in total. The fraction of sp³-hybridized carbons (Fsp3) is 0.150. The van der Waals surface area contributed by atoms with Gasteiger partial charge in [0, 0.05) is 22.7 Å². The van der Waals surface area contributed by atoms with E-state index in [2.05, 4.69) is 20.9 Å². The van der Waals surface area contributed by atoms with E-state index in [1.54, 1.807) is 17.6 Å². The van der Waals surface area contributed by atoms with Gasteiger partial charge in [-0.25, -0.2) is 0 Å². The second-order valence-electron chi connectivity index (χ2n) is 6.02. The number of hydrogen-bond donors (Lipinski definition) is 0. The Morgan fingerprint density at radius 1 is 1.30 bits per heavy atom. The molecule has 0 fully saturated rings. The number of benzene rings is 2. The van der Waals surface area contributed by atoms with Crippen molar-refractivity contribution in [3.8, 4) is 0 Å². The third-order valence-corrected chi connectivity index (χ3v) is 5.48. The molecule has 0 aliphatic rings. The second kappa shape index (κ2) is 9.59. The van der Waals surface area contributed by atoms with Crippen LogP contribution in [0.4, 0.5) is 5.69 Å². The van der Waals surface area contributed by atoms with Crippen LogP contribution < -0.4 is 4.80 Å². The molecular weight excluding hydrogens is 474 g/mol. The van der Waals surface area contributed by atoms with Crippen molar-refractivity contribution in [3.63, 3.8) is 0 Å². The maximum absolute atomic E-state index is 12.4. The van der Waals surface area contributed by atoms with Crippen LogP contribution in [0.15, 0.2) is 58.0 Å². The molecule has 0 unspecified atom stereocenters. The third-order valence-electron chi connectivity index (χ3n) is 3.94. The predicted molar refractivity (Wildman–Crippen MR) is 117 cm³/mol. The molecule has 0 saturated carbocycles. The molecule has 0 atom stereocenters. The van der Waals surface area contributed by atoms with Crippen molar-refractivity contribution in [1.29, 1.82) is 0 Å². The minimum atomic E-state index is -0.551. The number of carbonyl (C=O) groups excluding carboxylic acids is 2. The number of esters is 1. The molecule has 0 bridgehead atoms. The highest BCUT2D eigenvalue weighted by molar-refractivity contribution is 9.10. The van der Waals surface area contributed by atoms with E-state index in [9.17, 15) is 19.7 Å². The molecular formula is C20H16BrN3O5S. The van der Waals surface area contributed by atoms with Crippen LogP contribution in [0.2, 0.25) is 0 Å². The van der Waals surface area contributed by atoms with Crippen LogP contribution in [0.1, 0.15) is 12.5 Å². The van der Waals surface area contributed by atoms with Gasteiger partial charge >= 0.3 is 5.97 Å². The number of fused-ring (bicyclic) bond motifs is 1. The molecule has 0 saturated heterocycles.